The molecule has 0 bridgehead atoms. The van der Waals surface area contributed by atoms with E-state index in [9.17, 15) is 8.42 Å². The summed E-state index contributed by atoms with van der Waals surface area (Å²) < 4.78 is 26.8. The summed E-state index contributed by atoms with van der Waals surface area (Å²) in [5.41, 5.74) is 6.19. The first-order valence-electron chi connectivity index (χ1n) is 6.42. The minimum Gasteiger partial charge on any atom is -0.329 e. The lowest BCUT2D eigenvalue weighted by Gasteiger charge is -2.16. The fraction of sp³-hybridized carbons (Fsp3) is 0.538. The molecule has 0 fully saturated rings. The van der Waals surface area contributed by atoms with Crippen molar-refractivity contribution >= 4 is 34.0 Å². The van der Waals surface area contributed by atoms with Gasteiger partial charge in [-0.05, 0) is 18.1 Å². The van der Waals surface area contributed by atoms with E-state index in [1.165, 1.54) is 0 Å². The molecule has 0 radical (unpaired) electrons. The first-order valence-corrected chi connectivity index (χ1v) is 8.45. The maximum atomic E-state index is 12.1. The van der Waals surface area contributed by atoms with Crippen LogP contribution in [-0.2, 0) is 15.8 Å². The van der Waals surface area contributed by atoms with Crippen molar-refractivity contribution in [2.24, 2.45) is 5.73 Å². The number of nitrogens with two attached hydrogens (primary N) is 1. The van der Waals surface area contributed by atoms with E-state index >= 15 is 0 Å². The predicted octanol–water partition coefficient (Wildman–Crippen LogP) is 2.70. The van der Waals surface area contributed by atoms with Crippen LogP contribution in [0, 0.1) is 0 Å². The van der Waals surface area contributed by atoms with Gasteiger partial charge in [0, 0.05) is 17.6 Å². The van der Waals surface area contributed by atoms with E-state index in [-0.39, 0.29) is 24.2 Å². The summed E-state index contributed by atoms with van der Waals surface area (Å²) in [4.78, 5) is 0. The van der Waals surface area contributed by atoms with Crippen LogP contribution in [0.4, 0.5) is 0 Å². The second-order valence-corrected chi connectivity index (χ2v) is 6.70. The van der Waals surface area contributed by atoms with E-state index in [4.69, 9.17) is 17.3 Å². The van der Waals surface area contributed by atoms with Gasteiger partial charge in [-0.25, -0.2) is 13.1 Å². The number of hydrogen-bond donors (Lipinski definition) is 2. The van der Waals surface area contributed by atoms with Crippen molar-refractivity contribution in [2.75, 3.05) is 6.54 Å². The van der Waals surface area contributed by atoms with Gasteiger partial charge in [-0.3, -0.25) is 0 Å². The molecule has 3 N–H and O–H groups in total. The van der Waals surface area contributed by atoms with Crippen LogP contribution in [0.2, 0.25) is 5.02 Å². The van der Waals surface area contributed by atoms with Crippen LogP contribution in [0.3, 0.4) is 0 Å². The zero-order valence-corrected chi connectivity index (χ0v) is 13.9. The van der Waals surface area contributed by atoms with E-state index < -0.39 is 10.0 Å². The van der Waals surface area contributed by atoms with Gasteiger partial charge in [0.1, 0.15) is 0 Å². The summed E-state index contributed by atoms with van der Waals surface area (Å²) in [7, 11) is -3.41. The highest BCUT2D eigenvalue weighted by molar-refractivity contribution is 7.88. The average molecular weight is 341 g/mol. The van der Waals surface area contributed by atoms with Crippen LogP contribution in [0.5, 0.6) is 0 Å². The van der Waals surface area contributed by atoms with Crippen LogP contribution < -0.4 is 10.5 Å². The number of benzene rings is 1. The van der Waals surface area contributed by atoms with E-state index in [1.54, 1.807) is 24.3 Å². The largest absolute Gasteiger partial charge is 0.329 e. The summed E-state index contributed by atoms with van der Waals surface area (Å²) in [6.45, 7) is 2.37. The van der Waals surface area contributed by atoms with Gasteiger partial charge in [-0.2, -0.15) is 0 Å². The molecule has 0 aromatic heterocycles. The zero-order valence-electron chi connectivity index (χ0n) is 11.5. The predicted molar refractivity (Wildman–Crippen MR) is 86.8 cm³/mol. The molecule has 0 amide bonds. The first kappa shape index (κ1) is 19.7. The number of hydrogen-bond acceptors (Lipinski definition) is 3. The van der Waals surface area contributed by atoms with Crippen molar-refractivity contribution in [3.05, 3.63) is 34.9 Å². The Labute approximate surface area is 132 Å². The van der Waals surface area contributed by atoms with E-state index in [0.29, 0.717) is 17.1 Å². The lowest BCUT2D eigenvalue weighted by molar-refractivity contribution is 0.516. The molecule has 0 aliphatic rings. The molecule has 0 spiro atoms. The molecule has 1 aromatic carbocycles. The third kappa shape index (κ3) is 6.90. The molecule has 0 aliphatic carbocycles. The molecular formula is C13H22Cl2N2O2S. The van der Waals surface area contributed by atoms with Gasteiger partial charge < -0.3 is 5.73 Å². The summed E-state index contributed by atoms with van der Waals surface area (Å²) in [5, 5.41) is 0.464. The van der Waals surface area contributed by atoms with Gasteiger partial charge in [-0.1, -0.05) is 49.6 Å². The number of nitrogens with one attached hydrogen (secondary N) is 1. The fourth-order valence-electron chi connectivity index (χ4n) is 1.79. The van der Waals surface area contributed by atoms with Crippen LogP contribution >= 0.6 is 24.0 Å². The highest BCUT2D eigenvalue weighted by atomic mass is 35.5. The van der Waals surface area contributed by atoms with Gasteiger partial charge in [0.15, 0.2) is 0 Å². The van der Waals surface area contributed by atoms with Crippen molar-refractivity contribution < 1.29 is 8.42 Å². The van der Waals surface area contributed by atoms with Crippen LogP contribution in [0.25, 0.3) is 0 Å². The summed E-state index contributed by atoms with van der Waals surface area (Å²) >= 11 is 5.97. The quantitative estimate of drug-likeness (QED) is 0.764. The Balaban J connectivity index is 0.00000361. The Morgan fingerprint density at radius 1 is 1.35 bits per heavy atom. The Hall–Kier alpha value is -0.330. The summed E-state index contributed by atoms with van der Waals surface area (Å²) in [6.07, 6.45) is 2.73. The second kappa shape index (κ2) is 9.58. The smallest absolute Gasteiger partial charge is 0.216 e. The third-order valence-electron chi connectivity index (χ3n) is 2.84. The molecule has 0 heterocycles. The zero-order chi connectivity index (χ0) is 14.3. The molecule has 0 aliphatic heterocycles. The number of halogens is 2. The van der Waals surface area contributed by atoms with E-state index in [0.717, 1.165) is 19.3 Å². The Morgan fingerprint density at radius 2 is 2.00 bits per heavy atom. The van der Waals surface area contributed by atoms with E-state index in [2.05, 4.69) is 11.6 Å². The second-order valence-electron chi connectivity index (χ2n) is 4.54. The number of sulfonamides is 1. The summed E-state index contributed by atoms with van der Waals surface area (Å²) in [6, 6.07) is 6.74. The van der Waals surface area contributed by atoms with Gasteiger partial charge >= 0.3 is 0 Å². The lowest BCUT2D eigenvalue weighted by Crippen LogP contribution is -2.40. The van der Waals surface area contributed by atoms with E-state index in [1.807, 2.05) is 0 Å². The normalized spacial score (nSPS) is 12.8. The monoisotopic (exact) mass is 340 g/mol. The van der Waals surface area contributed by atoms with Crippen molar-refractivity contribution in [3.8, 4) is 0 Å². The number of unbranched alkanes of at least 4 members (excludes halogenated alkanes) is 1. The molecule has 4 nitrogen and oxygen atoms in total. The molecular weight excluding hydrogens is 319 g/mol. The van der Waals surface area contributed by atoms with Crippen LogP contribution in [-0.4, -0.2) is 21.0 Å². The lowest BCUT2D eigenvalue weighted by atomic mass is 10.1. The highest BCUT2D eigenvalue weighted by Gasteiger charge is 2.18. The third-order valence-corrected chi connectivity index (χ3v) is 4.59. The van der Waals surface area contributed by atoms with Crippen molar-refractivity contribution in [1.82, 2.24) is 4.72 Å². The fourth-order valence-corrected chi connectivity index (χ4v) is 3.54. The minimum absolute atomic E-state index is 0. The Kier molecular flexibility index (Phi) is 9.42. The molecule has 1 rings (SSSR count). The maximum Gasteiger partial charge on any atom is 0.216 e. The molecule has 0 saturated heterocycles. The van der Waals surface area contributed by atoms with Crippen molar-refractivity contribution in [2.45, 2.75) is 38.0 Å². The van der Waals surface area contributed by atoms with Gasteiger partial charge in [0.2, 0.25) is 10.0 Å². The molecule has 7 heteroatoms. The molecule has 20 heavy (non-hydrogen) atoms. The average Bonchev–Trinajstić information content (AvgIpc) is 2.37. The Bertz CT molecular complexity index is 495. The van der Waals surface area contributed by atoms with Gasteiger partial charge in [-0.15, -0.1) is 12.4 Å². The van der Waals surface area contributed by atoms with Crippen molar-refractivity contribution in [1.29, 1.82) is 0 Å². The molecule has 0 saturated carbocycles. The van der Waals surface area contributed by atoms with Crippen LogP contribution in [0.15, 0.2) is 24.3 Å². The first-order chi connectivity index (χ1) is 8.98. The number of rotatable bonds is 8. The van der Waals surface area contributed by atoms with Gasteiger partial charge in [0.05, 0.1) is 5.75 Å². The van der Waals surface area contributed by atoms with Crippen LogP contribution in [0.1, 0.15) is 31.7 Å². The molecule has 1 aromatic rings. The Morgan fingerprint density at radius 3 is 2.55 bits per heavy atom. The topological polar surface area (TPSA) is 72.2 Å². The van der Waals surface area contributed by atoms with Crippen molar-refractivity contribution in [3.63, 3.8) is 0 Å². The molecule has 1 unspecified atom stereocenters. The molecule has 1 atom stereocenters. The molecule has 116 valence electrons. The minimum atomic E-state index is -3.41. The summed E-state index contributed by atoms with van der Waals surface area (Å²) in [5.74, 6) is -0.116. The van der Waals surface area contributed by atoms with Gasteiger partial charge in [0.25, 0.3) is 0 Å². The highest BCUT2D eigenvalue weighted by Crippen LogP contribution is 2.17. The SMILES string of the molecule is CCCCC(CN)NS(=O)(=O)Cc1ccccc1Cl.Cl. The standard InChI is InChI=1S/C13H21ClN2O2S.ClH/c1-2-3-7-12(9-15)16-19(17,18)10-11-6-4-5-8-13(11)14;/h4-6,8,12,16H,2-3,7,9-10,15H2,1H3;1H. The maximum absolute atomic E-state index is 12.1.